The first kappa shape index (κ1) is 11.5. The largest absolute Gasteiger partial charge is 0.325 e. The number of aromatic nitrogens is 2. The van der Waals surface area contributed by atoms with Gasteiger partial charge in [0.2, 0.25) is 0 Å². The fourth-order valence-corrected chi connectivity index (χ4v) is 1.92. The van der Waals surface area contributed by atoms with Gasteiger partial charge in [-0.2, -0.15) is 11.8 Å². The Hall–Kier alpha value is -0.610. The van der Waals surface area contributed by atoms with Crippen LogP contribution in [-0.4, -0.2) is 15.7 Å². The molecule has 0 bridgehead atoms. The highest BCUT2D eigenvalue weighted by Crippen LogP contribution is 2.10. The summed E-state index contributed by atoms with van der Waals surface area (Å²) >= 11 is 1.87. The van der Waals surface area contributed by atoms with Gasteiger partial charge in [0, 0.05) is 12.2 Å². The summed E-state index contributed by atoms with van der Waals surface area (Å²) in [4.78, 5) is 8.73. The third-order valence-electron chi connectivity index (χ3n) is 1.74. The quantitative estimate of drug-likeness (QED) is 0.756. The molecule has 0 aliphatic rings. The van der Waals surface area contributed by atoms with Crippen LogP contribution in [0.1, 0.15) is 30.6 Å². The molecule has 14 heavy (non-hydrogen) atoms. The lowest BCUT2D eigenvalue weighted by atomic mass is 10.3. The zero-order chi connectivity index (χ0) is 10.4. The van der Waals surface area contributed by atoms with E-state index in [0.29, 0.717) is 6.54 Å². The van der Waals surface area contributed by atoms with Crippen molar-refractivity contribution in [3.8, 4) is 0 Å². The van der Waals surface area contributed by atoms with E-state index in [2.05, 4.69) is 16.9 Å². The van der Waals surface area contributed by atoms with Crippen molar-refractivity contribution in [2.24, 2.45) is 5.73 Å². The molecule has 0 saturated carbocycles. The van der Waals surface area contributed by atoms with Crippen molar-refractivity contribution in [1.29, 1.82) is 0 Å². The summed E-state index contributed by atoms with van der Waals surface area (Å²) < 4.78 is 0. The summed E-state index contributed by atoms with van der Waals surface area (Å²) in [5.41, 5.74) is 7.49. The predicted octanol–water partition coefficient (Wildman–Crippen LogP) is 1.89. The monoisotopic (exact) mass is 211 g/mol. The van der Waals surface area contributed by atoms with E-state index in [1.165, 1.54) is 6.42 Å². The molecule has 0 radical (unpaired) electrons. The molecular formula is C10H17N3S. The lowest BCUT2D eigenvalue weighted by molar-refractivity contribution is 0.899. The average Bonchev–Trinajstić information content (AvgIpc) is 2.17. The molecule has 0 aliphatic heterocycles. The number of hydrogen-bond donors (Lipinski definition) is 1. The Morgan fingerprint density at radius 1 is 1.43 bits per heavy atom. The molecule has 0 amide bonds. The molecule has 2 N–H and O–H groups in total. The number of thioether (sulfide) groups is 1. The average molecular weight is 211 g/mol. The maximum atomic E-state index is 5.55. The SMILES string of the molecule is CCCSCc1nc(C)cc(CN)n1. The fraction of sp³-hybridized carbons (Fsp3) is 0.600. The normalized spacial score (nSPS) is 10.5. The van der Waals surface area contributed by atoms with E-state index in [0.717, 1.165) is 28.7 Å². The van der Waals surface area contributed by atoms with Crippen molar-refractivity contribution in [2.75, 3.05) is 5.75 Å². The second-order valence-electron chi connectivity index (χ2n) is 3.17. The van der Waals surface area contributed by atoms with E-state index in [-0.39, 0.29) is 0 Å². The first-order valence-corrected chi connectivity index (χ1v) is 6.03. The van der Waals surface area contributed by atoms with Gasteiger partial charge in [0.15, 0.2) is 0 Å². The minimum atomic E-state index is 0.495. The van der Waals surface area contributed by atoms with Gasteiger partial charge in [-0.3, -0.25) is 0 Å². The predicted molar refractivity (Wildman–Crippen MR) is 61.1 cm³/mol. The second kappa shape index (κ2) is 5.98. The van der Waals surface area contributed by atoms with Crippen LogP contribution in [0.5, 0.6) is 0 Å². The van der Waals surface area contributed by atoms with Crippen molar-refractivity contribution < 1.29 is 0 Å². The Morgan fingerprint density at radius 2 is 2.21 bits per heavy atom. The summed E-state index contributed by atoms with van der Waals surface area (Å²) in [7, 11) is 0. The van der Waals surface area contributed by atoms with Crippen LogP contribution in [0, 0.1) is 6.92 Å². The van der Waals surface area contributed by atoms with Crippen LogP contribution in [0.2, 0.25) is 0 Å². The first-order chi connectivity index (χ1) is 6.76. The second-order valence-corrected chi connectivity index (χ2v) is 4.28. The molecular weight excluding hydrogens is 194 g/mol. The highest BCUT2D eigenvalue weighted by Gasteiger charge is 2.00. The topological polar surface area (TPSA) is 51.8 Å². The van der Waals surface area contributed by atoms with Crippen LogP contribution in [0.25, 0.3) is 0 Å². The summed E-state index contributed by atoms with van der Waals surface area (Å²) in [5.74, 6) is 2.96. The molecule has 1 aromatic rings. The third kappa shape index (κ3) is 3.64. The van der Waals surface area contributed by atoms with Gasteiger partial charge in [-0.05, 0) is 25.2 Å². The van der Waals surface area contributed by atoms with Crippen LogP contribution in [0.4, 0.5) is 0 Å². The van der Waals surface area contributed by atoms with Crippen molar-refractivity contribution in [3.05, 3.63) is 23.3 Å². The molecule has 0 saturated heterocycles. The smallest absolute Gasteiger partial charge is 0.138 e. The molecule has 0 aliphatic carbocycles. The van der Waals surface area contributed by atoms with Gasteiger partial charge in [-0.25, -0.2) is 9.97 Å². The van der Waals surface area contributed by atoms with Gasteiger partial charge in [-0.15, -0.1) is 0 Å². The number of nitrogens with two attached hydrogens (primary N) is 1. The molecule has 0 spiro atoms. The van der Waals surface area contributed by atoms with E-state index in [4.69, 9.17) is 5.73 Å². The van der Waals surface area contributed by atoms with E-state index in [9.17, 15) is 0 Å². The molecule has 0 unspecified atom stereocenters. The minimum Gasteiger partial charge on any atom is -0.325 e. The summed E-state index contributed by atoms with van der Waals surface area (Å²) in [6, 6.07) is 1.94. The Morgan fingerprint density at radius 3 is 2.86 bits per heavy atom. The van der Waals surface area contributed by atoms with Gasteiger partial charge in [0.05, 0.1) is 11.4 Å². The van der Waals surface area contributed by atoms with E-state index >= 15 is 0 Å². The first-order valence-electron chi connectivity index (χ1n) is 4.87. The van der Waals surface area contributed by atoms with Gasteiger partial charge in [0.25, 0.3) is 0 Å². The number of hydrogen-bond acceptors (Lipinski definition) is 4. The molecule has 0 atom stereocenters. The molecule has 0 aromatic carbocycles. The zero-order valence-electron chi connectivity index (χ0n) is 8.79. The maximum absolute atomic E-state index is 5.55. The van der Waals surface area contributed by atoms with Gasteiger partial charge in [0.1, 0.15) is 5.82 Å². The number of aryl methyl sites for hydroxylation is 1. The van der Waals surface area contributed by atoms with Gasteiger partial charge in [-0.1, -0.05) is 6.92 Å². The van der Waals surface area contributed by atoms with E-state index < -0.39 is 0 Å². The maximum Gasteiger partial charge on any atom is 0.138 e. The summed E-state index contributed by atoms with van der Waals surface area (Å²) in [5, 5.41) is 0. The van der Waals surface area contributed by atoms with E-state index in [1.54, 1.807) is 0 Å². The Labute approximate surface area is 89.5 Å². The van der Waals surface area contributed by atoms with Crippen molar-refractivity contribution in [3.63, 3.8) is 0 Å². The molecule has 0 fully saturated rings. The zero-order valence-corrected chi connectivity index (χ0v) is 9.60. The Bertz CT molecular complexity index is 289. The molecule has 78 valence electrons. The van der Waals surface area contributed by atoms with Crippen molar-refractivity contribution in [1.82, 2.24) is 9.97 Å². The van der Waals surface area contributed by atoms with Crippen LogP contribution in [-0.2, 0) is 12.3 Å². The molecule has 4 heteroatoms. The highest BCUT2D eigenvalue weighted by molar-refractivity contribution is 7.98. The summed E-state index contributed by atoms with van der Waals surface area (Å²) in [6.45, 7) is 4.65. The molecule has 1 rings (SSSR count). The Kier molecular flexibility index (Phi) is 4.90. The number of rotatable bonds is 5. The van der Waals surface area contributed by atoms with Crippen LogP contribution < -0.4 is 5.73 Å². The Balaban J connectivity index is 2.62. The van der Waals surface area contributed by atoms with E-state index in [1.807, 2.05) is 24.8 Å². The fourth-order valence-electron chi connectivity index (χ4n) is 1.18. The molecule has 1 heterocycles. The number of nitrogens with zero attached hydrogens (tertiary/aromatic N) is 2. The molecule has 3 nitrogen and oxygen atoms in total. The lowest BCUT2D eigenvalue weighted by Crippen LogP contribution is -2.05. The van der Waals surface area contributed by atoms with Gasteiger partial charge < -0.3 is 5.73 Å². The van der Waals surface area contributed by atoms with Gasteiger partial charge >= 0.3 is 0 Å². The van der Waals surface area contributed by atoms with Crippen LogP contribution in [0.15, 0.2) is 6.07 Å². The minimum absolute atomic E-state index is 0.495. The van der Waals surface area contributed by atoms with Crippen molar-refractivity contribution in [2.45, 2.75) is 32.6 Å². The van der Waals surface area contributed by atoms with Crippen LogP contribution >= 0.6 is 11.8 Å². The summed E-state index contributed by atoms with van der Waals surface area (Å²) in [6.07, 6.45) is 1.19. The standard InChI is InChI=1S/C10H17N3S/c1-3-4-14-7-10-12-8(2)5-9(6-11)13-10/h5H,3-4,6-7,11H2,1-2H3. The lowest BCUT2D eigenvalue weighted by Gasteiger charge is -2.03. The third-order valence-corrected chi connectivity index (χ3v) is 2.90. The highest BCUT2D eigenvalue weighted by atomic mass is 32.2. The molecule has 1 aromatic heterocycles. The van der Waals surface area contributed by atoms with Crippen LogP contribution in [0.3, 0.4) is 0 Å². The van der Waals surface area contributed by atoms with Crippen molar-refractivity contribution >= 4 is 11.8 Å².